The first-order valence-electron chi connectivity index (χ1n) is 10.5. The zero-order valence-electron chi connectivity index (χ0n) is 16.7. The highest BCUT2D eigenvalue weighted by Gasteiger charge is 2.43. The summed E-state index contributed by atoms with van der Waals surface area (Å²) in [7, 11) is 0. The molecule has 2 heterocycles. The van der Waals surface area contributed by atoms with Gasteiger partial charge in [-0.15, -0.1) is 0 Å². The van der Waals surface area contributed by atoms with Gasteiger partial charge < -0.3 is 10.1 Å². The number of amides is 1. The normalized spacial score (nSPS) is 21.2. The maximum absolute atomic E-state index is 12.2. The van der Waals surface area contributed by atoms with Gasteiger partial charge in [-0.1, -0.05) is 54.6 Å². The molecule has 1 fully saturated rings. The third-order valence-electron chi connectivity index (χ3n) is 6.05. The van der Waals surface area contributed by atoms with Crippen LogP contribution in [0.4, 0.5) is 0 Å². The summed E-state index contributed by atoms with van der Waals surface area (Å²) in [6.07, 6.45) is 3.17. The van der Waals surface area contributed by atoms with Crippen LogP contribution in [0.25, 0.3) is 0 Å². The number of hydrogen-bond acceptors (Lipinski definition) is 3. The van der Waals surface area contributed by atoms with E-state index < -0.39 is 0 Å². The van der Waals surface area contributed by atoms with E-state index in [0.717, 1.165) is 38.9 Å². The molecule has 4 heteroatoms. The highest BCUT2D eigenvalue weighted by Crippen LogP contribution is 2.44. The molecule has 4 rings (SSSR count). The molecule has 1 amide bonds. The minimum absolute atomic E-state index is 0.0397. The van der Waals surface area contributed by atoms with Crippen LogP contribution in [0.2, 0.25) is 0 Å². The van der Waals surface area contributed by atoms with Crippen LogP contribution in [0, 0.1) is 0 Å². The second-order valence-electron chi connectivity index (χ2n) is 8.01. The molecule has 0 aromatic heterocycles. The Balaban J connectivity index is 1.48. The Kier molecular flexibility index (Phi) is 5.79. The zero-order valence-corrected chi connectivity index (χ0v) is 16.7. The standard InChI is InChI=1S/C24H30N2O2/c1-2-25-23(27)17-21-16-20-10-6-7-11-22(20)24(28-21)12-14-26(15-13-24)18-19-8-4-3-5-9-19/h3-11,21H,2,12-18H2,1H3,(H,25,27). The van der Waals surface area contributed by atoms with E-state index in [-0.39, 0.29) is 17.6 Å². The average molecular weight is 379 g/mol. The highest BCUT2D eigenvalue weighted by molar-refractivity contribution is 5.76. The largest absolute Gasteiger partial charge is 0.366 e. The van der Waals surface area contributed by atoms with Gasteiger partial charge >= 0.3 is 0 Å². The number of carbonyl (C=O) groups excluding carboxylic acids is 1. The molecule has 148 valence electrons. The third-order valence-corrected chi connectivity index (χ3v) is 6.05. The lowest BCUT2D eigenvalue weighted by molar-refractivity contribution is -0.150. The van der Waals surface area contributed by atoms with Gasteiger partial charge in [-0.25, -0.2) is 0 Å². The predicted octanol–water partition coefficient (Wildman–Crippen LogP) is 3.65. The van der Waals surface area contributed by atoms with Crippen LogP contribution in [-0.4, -0.2) is 36.5 Å². The molecule has 1 saturated heterocycles. The lowest BCUT2D eigenvalue weighted by Crippen LogP contribution is -2.49. The molecule has 0 aliphatic carbocycles. The van der Waals surface area contributed by atoms with Gasteiger partial charge in [0, 0.05) is 26.2 Å². The second-order valence-corrected chi connectivity index (χ2v) is 8.01. The van der Waals surface area contributed by atoms with E-state index in [1.54, 1.807) is 0 Å². The van der Waals surface area contributed by atoms with Crippen molar-refractivity contribution in [2.75, 3.05) is 19.6 Å². The molecule has 4 nitrogen and oxygen atoms in total. The van der Waals surface area contributed by atoms with E-state index >= 15 is 0 Å². The number of hydrogen-bond donors (Lipinski definition) is 1. The van der Waals surface area contributed by atoms with Crippen molar-refractivity contribution in [3.8, 4) is 0 Å². The molecule has 0 radical (unpaired) electrons. The molecular formula is C24H30N2O2. The maximum atomic E-state index is 12.2. The first kappa shape index (κ1) is 19.2. The summed E-state index contributed by atoms with van der Waals surface area (Å²) < 4.78 is 6.67. The number of ether oxygens (including phenoxy) is 1. The lowest BCUT2D eigenvalue weighted by Gasteiger charge is -2.47. The third kappa shape index (κ3) is 4.13. The van der Waals surface area contributed by atoms with Gasteiger partial charge in [0.1, 0.15) is 0 Å². The average Bonchev–Trinajstić information content (AvgIpc) is 2.71. The van der Waals surface area contributed by atoms with E-state index in [2.05, 4.69) is 64.8 Å². The molecule has 2 aliphatic heterocycles. The van der Waals surface area contributed by atoms with E-state index in [1.165, 1.54) is 16.7 Å². The van der Waals surface area contributed by atoms with E-state index in [1.807, 2.05) is 6.92 Å². The van der Waals surface area contributed by atoms with Gasteiger partial charge in [0.05, 0.1) is 18.1 Å². The van der Waals surface area contributed by atoms with Crippen LogP contribution in [-0.2, 0) is 28.1 Å². The Hall–Kier alpha value is -2.17. The lowest BCUT2D eigenvalue weighted by atomic mass is 9.77. The van der Waals surface area contributed by atoms with Gasteiger partial charge in [0.15, 0.2) is 0 Å². The quantitative estimate of drug-likeness (QED) is 0.864. The van der Waals surface area contributed by atoms with Gasteiger partial charge in [0.25, 0.3) is 0 Å². The number of fused-ring (bicyclic) bond motifs is 2. The van der Waals surface area contributed by atoms with Crippen molar-refractivity contribution in [3.63, 3.8) is 0 Å². The Morgan fingerprint density at radius 3 is 2.57 bits per heavy atom. The molecular weight excluding hydrogens is 348 g/mol. The fraction of sp³-hybridized carbons (Fsp3) is 0.458. The molecule has 0 bridgehead atoms. The van der Waals surface area contributed by atoms with Crippen LogP contribution in [0.5, 0.6) is 0 Å². The summed E-state index contributed by atoms with van der Waals surface area (Å²) in [6, 6.07) is 19.3. The monoisotopic (exact) mass is 378 g/mol. The van der Waals surface area contributed by atoms with Crippen molar-refractivity contribution in [2.24, 2.45) is 0 Å². The molecule has 0 saturated carbocycles. The maximum Gasteiger partial charge on any atom is 0.222 e. The van der Waals surface area contributed by atoms with Crippen LogP contribution in [0.1, 0.15) is 42.9 Å². The summed E-state index contributed by atoms with van der Waals surface area (Å²) in [5.41, 5.74) is 3.79. The zero-order chi connectivity index (χ0) is 19.4. The van der Waals surface area contributed by atoms with Crippen LogP contribution >= 0.6 is 0 Å². The molecule has 1 atom stereocenters. The predicted molar refractivity (Wildman–Crippen MR) is 111 cm³/mol. The fourth-order valence-electron chi connectivity index (χ4n) is 4.70. The summed E-state index contributed by atoms with van der Waals surface area (Å²) >= 11 is 0. The van der Waals surface area contributed by atoms with Gasteiger partial charge in [-0.05, 0) is 42.9 Å². The Labute approximate surface area is 167 Å². The number of rotatable bonds is 5. The number of carbonyl (C=O) groups is 1. The Morgan fingerprint density at radius 1 is 1.11 bits per heavy atom. The van der Waals surface area contributed by atoms with Crippen LogP contribution in [0.15, 0.2) is 54.6 Å². The van der Waals surface area contributed by atoms with Crippen molar-refractivity contribution < 1.29 is 9.53 Å². The summed E-state index contributed by atoms with van der Waals surface area (Å²) in [5, 5.41) is 2.92. The molecule has 2 aromatic carbocycles. The minimum Gasteiger partial charge on any atom is -0.366 e. The topological polar surface area (TPSA) is 41.6 Å². The number of nitrogens with zero attached hydrogens (tertiary/aromatic N) is 1. The van der Waals surface area contributed by atoms with Gasteiger partial charge in [-0.2, -0.15) is 0 Å². The SMILES string of the molecule is CCNC(=O)CC1Cc2ccccc2C2(CCN(Cc3ccccc3)CC2)O1. The van der Waals surface area contributed by atoms with Crippen LogP contribution < -0.4 is 5.32 Å². The van der Waals surface area contributed by atoms with Crippen molar-refractivity contribution in [2.45, 2.75) is 50.9 Å². The van der Waals surface area contributed by atoms with E-state index in [9.17, 15) is 4.79 Å². The number of piperidine rings is 1. The first-order chi connectivity index (χ1) is 13.7. The summed E-state index contributed by atoms with van der Waals surface area (Å²) in [5.74, 6) is 0.0866. The fourth-order valence-corrected chi connectivity index (χ4v) is 4.70. The number of benzene rings is 2. The molecule has 1 unspecified atom stereocenters. The Morgan fingerprint density at radius 2 is 1.82 bits per heavy atom. The second kappa shape index (κ2) is 8.46. The van der Waals surface area contributed by atoms with E-state index in [4.69, 9.17) is 4.74 Å². The van der Waals surface area contributed by atoms with Gasteiger partial charge in [-0.3, -0.25) is 9.69 Å². The molecule has 1 N–H and O–H groups in total. The minimum atomic E-state index is -0.251. The van der Waals surface area contributed by atoms with Crippen molar-refractivity contribution >= 4 is 5.91 Å². The molecule has 2 aromatic rings. The summed E-state index contributed by atoms with van der Waals surface area (Å²) in [6.45, 7) is 5.63. The molecule has 2 aliphatic rings. The number of nitrogens with one attached hydrogen (secondary N) is 1. The van der Waals surface area contributed by atoms with Gasteiger partial charge in [0.2, 0.25) is 5.91 Å². The summed E-state index contributed by atoms with van der Waals surface area (Å²) in [4.78, 5) is 14.7. The highest BCUT2D eigenvalue weighted by atomic mass is 16.5. The van der Waals surface area contributed by atoms with Crippen molar-refractivity contribution in [1.82, 2.24) is 10.2 Å². The number of likely N-dealkylation sites (tertiary alicyclic amines) is 1. The van der Waals surface area contributed by atoms with Crippen LogP contribution in [0.3, 0.4) is 0 Å². The van der Waals surface area contributed by atoms with Crippen molar-refractivity contribution in [1.29, 1.82) is 0 Å². The molecule has 1 spiro atoms. The van der Waals surface area contributed by atoms with E-state index in [0.29, 0.717) is 13.0 Å². The van der Waals surface area contributed by atoms with Crippen molar-refractivity contribution in [3.05, 3.63) is 71.3 Å². The first-order valence-corrected chi connectivity index (χ1v) is 10.5. The molecule has 28 heavy (non-hydrogen) atoms. The Bertz CT molecular complexity index is 797. The smallest absolute Gasteiger partial charge is 0.222 e.